The molecule has 0 heterocycles. The highest BCUT2D eigenvalue weighted by atomic mass is 14.8. The Bertz CT molecular complexity index is 149. The van der Waals surface area contributed by atoms with Gasteiger partial charge in [-0.1, -0.05) is 19.3 Å². The lowest BCUT2D eigenvalue weighted by atomic mass is 9.85. The Hall–Kier alpha value is -0.0400. The quantitative estimate of drug-likeness (QED) is 0.666. The van der Waals surface area contributed by atoms with Gasteiger partial charge in [-0.2, -0.15) is 0 Å². The van der Waals surface area contributed by atoms with Gasteiger partial charge in [-0.15, -0.1) is 0 Å². The van der Waals surface area contributed by atoms with Crippen LogP contribution in [0.15, 0.2) is 0 Å². The Morgan fingerprint density at radius 3 is 2.67 bits per heavy atom. The third-order valence-corrected chi connectivity index (χ3v) is 3.94. The van der Waals surface area contributed by atoms with Gasteiger partial charge in [0.1, 0.15) is 0 Å². The molecule has 0 aliphatic heterocycles. The van der Waals surface area contributed by atoms with Crippen molar-refractivity contribution in [1.82, 2.24) is 5.32 Å². The molecule has 1 spiro atoms. The summed E-state index contributed by atoms with van der Waals surface area (Å²) in [5.41, 5.74) is 0.819. The van der Waals surface area contributed by atoms with E-state index in [1.165, 1.54) is 51.5 Å². The highest BCUT2D eigenvalue weighted by molar-refractivity contribution is 4.99. The van der Waals surface area contributed by atoms with E-state index in [0.717, 1.165) is 11.3 Å². The lowest BCUT2D eigenvalue weighted by Crippen LogP contribution is -2.26. The number of nitrogens with one attached hydrogen (secondary N) is 1. The van der Waals surface area contributed by atoms with Crippen LogP contribution in [0.3, 0.4) is 0 Å². The summed E-state index contributed by atoms with van der Waals surface area (Å²) in [6.45, 7) is 1.26. The van der Waals surface area contributed by atoms with Gasteiger partial charge in [-0.05, 0) is 50.6 Å². The van der Waals surface area contributed by atoms with Crippen LogP contribution in [0.2, 0.25) is 0 Å². The number of hydrogen-bond acceptors (Lipinski definition) is 1. The standard InChI is InChI=1S/C11H21N/c1-12-9-10-5-3-2-4-6-11(10)7-8-11/h10,12H,2-9H2,1H3. The van der Waals surface area contributed by atoms with Crippen LogP contribution in [-0.4, -0.2) is 13.6 Å². The molecule has 0 radical (unpaired) electrons. The second-order valence-electron chi connectivity index (χ2n) is 4.72. The van der Waals surface area contributed by atoms with Crippen molar-refractivity contribution in [3.05, 3.63) is 0 Å². The minimum Gasteiger partial charge on any atom is -0.319 e. The first-order valence-corrected chi connectivity index (χ1v) is 5.52. The van der Waals surface area contributed by atoms with E-state index in [-0.39, 0.29) is 0 Å². The zero-order valence-corrected chi connectivity index (χ0v) is 8.23. The van der Waals surface area contributed by atoms with E-state index >= 15 is 0 Å². The average Bonchev–Trinajstić information content (AvgIpc) is 2.85. The van der Waals surface area contributed by atoms with E-state index in [1.807, 2.05) is 0 Å². The number of hydrogen-bond donors (Lipinski definition) is 1. The maximum atomic E-state index is 3.36. The molecule has 0 saturated heterocycles. The van der Waals surface area contributed by atoms with Gasteiger partial charge in [0.2, 0.25) is 0 Å². The fourth-order valence-electron chi connectivity index (χ4n) is 2.94. The molecular weight excluding hydrogens is 146 g/mol. The topological polar surface area (TPSA) is 12.0 Å². The van der Waals surface area contributed by atoms with Crippen molar-refractivity contribution in [3.8, 4) is 0 Å². The fourth-order valence-corrected chi connectivity index (χ4v) is 2.94. The first-order valence-electron chi connectivity index (χ1n) is 5.52. The smallest absolute Gasteiger partial charge is 0.00182 e. The minimum atomic E-state index is 0.819. The van der Waals surface area contributed by atoms with E-state index < -0.39 is 0 Å². The molecule has 1 atom stereocenters. The first-order chi connectivity index (χ1) is 5.87. The third kappa shape index (κ3) is 1.52. The molecule has 0 aromatic rings. The minimum absolute atomic E-state index is 0.819. The van der Waals surface area contributed by atoms with Crippen LogP contribution in [0.4, 0.5) is 0 Å². The average molecular weight is 167 g/mol. The SMILES string of the molecule is CNCC1CCCCCC12CC2. The molecule has 2 saturated carbocycles. The summed E-state index contributed by atoms with van der Waals surface area (Å²) in [4.78, 5) is 0. The summed E-state index contributed by atoms with van der Waals surface area (Å²) in [6.07, 6.45) is 10.5. The Morgan fingerprint density at radius 2 is 2.00 bits per heavy atom. The Morgan fingerprint density at radius 1 is 1.17 bits per heavy atom. The van der Waals surface area contributed by atoms with E-state index in [0.29, 0.717) is 0 Å². The molecule has 2 fully saturated rings. The summed E-state index contributed by atoms with van der Waals surface area (Å²) >= 11 is 0. The van der Waals surface area contributed by atoms with Crippen LogP contribution in [0, 0.1) is 11.3 Å². The van der Waals surface area contributed by atoms with Gasteiger partial charge in [0.05, 0.1) is 0 Å². The summed E-state index contributed by atoms with van der Waals surface area (Å²) in [6, 6.07) is 0. The number of rotatable bonds is 2. The van der Waals surface area contributed by atoms with Crippen molar-refractivity contribution in [1.29, 1.82) is 0 Å². The molecule has 2 aliphatic carbocycles. The van der Waals surface area contributed by atoms with E-state index in [9.17, 15) is 0 Å². The van der Waals surface area contributed by atoms with Gasteiger partial charge in [0, 0.05) is 0 Å². The lowest BCUT2D eigenvalue weighted by molar-refractivity contribution is 0.282. The van der Waals surface area contributed by atoms with Crippen molar-refractivity contribution in [2.24, 2.45) is 11.3 Å². The first kappa shape index (κ1) is 8.55. The van der Waals surface area contributed by atoms with E-state index in [1.54, 1.807) is 0 Å². The van der Waals surface area contributed by atoms with Gasteiger partial charge < -0.3 is 5.32 Å². The monoisotopic (exact) mass is 167 g/mol. The van der Waals surface area contributed by atoms with Crippen molar-refractivity contribution < 1.29 is 0 Å². The van der Waals surface area contributed by atoms with Gasteiger partial charge in [-0.3, -0.25) is 0 Å². The van der Waals surface area contributed by atoms with Crippen molar-refractivity contribution >= 4 is 0 Å². The summed E-state index contributed by atoms with van der Waals surface area (Å²) < 4.78 is 0. The lowest BCUT2D eigenvalue weighted by Gasteiger charge is -2.24. The highest BCUT2D eigenvalue weighted by Gasteiger charge is 2.48. The van der Waals surface area contributed by atoms with Gasteiger partial charge in [0.25, 0.3) is 0 Å². The van der Waals surface area contributed by atoms with Crippen LogP contribution in [0.5, 0.6) is 0 Å². The van der Waals surface area contributed by atoms with Gasteiger partial charge in [0.15, 0.2) is 0 Å². The van der Waals surface area contributed by atoms with Crippen molar-refractivity contribution in [3.63, 3.8) is 0 Å². The van der Waals surface area contributed by atoms with E-state index in [4.69, 9.17) is 0 Å². The molecule has 70 valence electrons. The molecule has 2 rings (SSSR count). The second kappa shape index (κ2) is 3.37. The summed E-state index contributed by atoms with van der Waals surface area (Å²) in [7, 11) is 2.10. The maximum Gasteiger partial charge on any atom is -0.00182 e. The van der Waals surface area contributed by atoms with Crippen molar-refractivity contribution in [2.45, 2.75) is 44.9 Å². The van der Waals surface area contributed by atoms with Crippen LogP contribution in [-0.2, 0) is 0 Å². The third-order valence-electron chi connectivity index (χ3n) is 3.94. The highest BCUT2D eigenvalue weighted by Crippen LogP contribution is 2.58. The van der Waals surface area contributed by atoms with Crippen LogP contribution in [0.25, 0.3) is 0 Å². The summed E-state index contributed by atoms with van der Waals surface area (Å²) in [5, 5.41) is 3.36. The molecule has 1 N–H and O–H groups in total. The molecule has 1 nitrogen and oxygen atoms in total. The van der Waals surface area contributed by atoms with Crippen LogP contribution >= 0.6 is 0 Å². The Balaban J connectivity index is 1.96. The van der Waals surface area contributed by atoms with E-state index in [2.05, 4.69) is 12.4 Å². The zero-order chi connectivity index (χ0) is 8.44. The molecular formula is C11H21N. The Labute approximate surface area is 75.9 Å². The maximum absolute atomic E-state index is 3.36. The predicted octanol–water partition coefficient (Wildman–Crippen LogP) is 2.57. The summed E-state index contributed by atoms with van der Waals surface area (Å²) in [5.74, 6) is 1.00. The van der Waals surface area contributed by atoms with Crippen molar-refractivity contribution in [2.75, 3.05) is 13.6 Å². The van der Waals surface area contributed by atoms with Gasteiger partial charge >= 0.3 is 0 Å². The molecule has 0 aromatic heterocycles. The second-order valence-corrected chi connectivity index (χ2v) is 4.72. The molecule has 12 heavy (non-hydrogen) atoms. The normalized spacial score (nSPS) is 33.2. The molecule has 1 unspecified atom stereocenters. The molecule has 1 heteroatoms. The zero-order valence-electron chi connectivity index (χ0n) is 8.23. The largest absolute Gasteiger partial charge is 0.319 e. The van der Waals surface area contributed by atoms with Gasteiger partial charge in [-0.25, -0.2) is 0 Å². The molecule has 0 amide bonds. The molecule has 2 aliphatic rings. The molecule has 0 aromatic carbocycles. The fraction of sp³-hybridized carbons (Fsp3) is 1.00. The molecule has 0 bridgehead atoms. The Kier molecular flexibility index (Phi) is 2.40. The predicted molar refractivity (Wildman–Crippen MR) is 52.2 cm³/mol. The van der Waals surface area contributed by atoms with Crippen LogP contribution in [0.1, 0.15) is 44.9 Å². The van der Waals surface area contributed by atoms with Crippen LogP contribution < -0.4 is 5.32 Å².